The van der Waals surface area contributed by atoms with Gasteiger partial charge in [-0.3, -0.25) is 0 Å². The van der Waals surface area contributed by atoms with Gasteiger partial charge in [0.25, 0.3) is 0 Å². The molecule has 0 aromatic heterocycles. The van der Waals surface area contributed by atoms with Crippen LogP contribution in [0.25, 0.3) is 0 Å². The van der Waals surface area contributed by atoms with Crippen molar-refractivity contribution in [2.45, 2.75) is 6.92 Å². The Balaban J connectivity index is 3.56. The van der Waals surface area contributed by atoms with Crippen LogP contribution in [0, 0.1) is 12.7 Å². The second-order valence-electron chi connectivity index (χ2n) is 2.49. The Morgan fingerprint density at radius 3 is 2.62 bits per heavy atom. The first kappa shape index (κ1) is 9.98. The van der Waals surface area contributed by atoms with E-state index in [0.717, 1.165) is 6.07 Å². The molecule has 0 aliphatic heterocycles. The molecule has 70 valence electrons. The molecular formula is C8H6BrFO3. The monoisotopic (exact) mass is 248 g/mol. The quantitative estimate of drug-likeness (QED) is 0.802. The van der Waals surface area contributed by atoms with Crippen LogP contribution in [-0.2, 0) is 0 Å². The standard InChI is InChI=1S/C8H6BrFO3/c1-3-4(9)2-5(10)7(11)6(3)8(12)13/h2,11H,1H3,(H,12,13). The molecule has 0 saturated carbocycles. The Hall–Kier alpha value is -1.10. The van der Waals surface area contributed by atoms with Gasteiger partial charge in [0, 0.05) is 4.47 Å². The fourth-order valence-corrected chi connectivity index (χ4v) is 1.37. The average Bonchev–Trinajstić information content (AvgIpc) is 2.01. The Bertz CT molecular complexity index is 350. The van der Waals surface area contributed by atoms with Gasteiger partial charge in [0.05, 0.1) is 0 Å². The lowest BCUT2D eigenvalue weighted by Crippen LogP contribution is -2.02. The van der Waals surface area contributed by atoms with E-state index in [0.29, 0.717) is 10.0 Å². The lowest BCUT2D eigenvalue weighted by atomic mass is 10.1. The minimum absolute atomic E-state index is 0.298. The van der Waals surface area contributed by atoms with Crippen LogP contribution in [0.3, 0.4) is 0 Å². The van der Waals surface area contributed by atoms with Crippen molar-refractivity contribution < 1.29 is 19.4 Å². The zero-order valence-electron chi connectivity index (χ0n) is 6.64. The number of aromatic hydroxyl groups is 1. The summed E-state index contributed by atoms with van der Waals surface area (Å²) in [4.78, 5) is 10.6. The molecule has 0 aliphatic carbocycles. The van der Waals surface area contributed by atoms with E-state index in [-0.39, 0.29) is 0 Å². The van der Waals surface area contributed by atoms with E-state index in [1.165, 1.54) is 6.92 Å². The molecule has 0 fully saturated rings. The molecule has 5 heteroatoms. The maximum atomic E-state index is 12.8. The van der Waals surface area contributed by atoms with Gasteiger partial charge >= 0.3 is 5.97 Å². The fourth-order valence-electron chi connectivity index (χ4n) is 0.966. The zero-order chi connectivity index (χ0) is 10.2. The summed E-state index contributed by atoms with van der Waals surface area (Å²) in [6.45, 7) is 1.48. The molecule has 0 saturated heterocycles. The maximum Gasteiger partial charge on any atom is 0.339 e. The van der Waals surface area contributed by atoms with Crippen molar-refractivity contribution in [3.63, 3.8) is 0 Å². The van der Waals surface area contributed by atoms with E-state index in [9.17, 15) is 9.18 Å². The van der Waals surface area contributed by atoms with Gasteiger partial charge in [0.15, 0.2) is 11.6 Å². The number of benzene rings is 1. The van der Waals surface area contributed by atoms with Crippen molar-refractivity contribution in [1.82, 2.24) is 0 Å². The first-order valence-electron chi connectivity index (χ1n) is 3.36. The van der Waals surface area contributed by atoms with Gasteiger partial charge < -0.3 is 10.2 Å². The second-order valence-corrected chi connectivity index (χ2v) is 3.35. The summed E-state index contributed by atoms with van der Waals surface area (Å²) >= 11 is 2.98. The molecule has 1 rings (SSSR count). The van der Waals surface area contributed by atoms with Gasteiger partial charge in [-0.25, -0.2) is 9.18 Å². The minimum Gasteiger partial charge on any atom is -0.504 e. The van der Waals surface area contributed by atoms with E-state index >= 15 is 0 Å². The van der Waals surface area contributed by atoms with Gasteiger partial charge in [-0.2, -0.15) is 0 Å². The topological polar surface area (TPSA) is 57.5 Å². The van der Waals surface area contributed by atoms with Gasteiger partial charge in [-0.15, -0.1) is 0 Å². The predicted octanol–water partition coefficient (Wildman–Crippen LogP) is 2.30. The van der Waals surface area contributed by atoms with Crippen LogP contribution in [0.4, 0.5) is 4.39 Å². The van der Waals surface area contributed by atoms with Crippen LogP contribution in [0.1, 0.15) is 15.9 Å². The van der Waals surface area contributed by atoms with E-state index in [1.807, 2.05) is 0 Å². The predicted molar refractivity (Wildman–Crippen MR) is 47.5 cm³/mol. The molecule has 0 unspecified atom stereocenters. The van der Waals surface area contributed by atoms with Crippen molar-refractivity contribution in [3.05, 3.63) is 27.5 Å². The van der Waals surface area contributed by atoms with Crippen LogP contribution in [0.15, 0.2) is 10.5 Å². The molecule has 0 aliphatic rings. The fraction of sp³-hybridized carbons (Fsp3) is 0.125. The van der Waals surface area contributed by atoms with Gasteiger partial charge in [-0.05, 0) is 18.6 Å². The number of carboxylic acids is 1. The van der Waals surface area contributed by atoms with Gasteiger partial charge in [-0.1, -0.05) is 15.9 Å². The number of hydrogen-bond acceptors (Lipinski definition) is 2. The molecule has 0 amide bonds. The molecule has 0 radical (unpaired) electrons. The Labute approximate surface area is 81.9 Å². The van der Waals surface area contributed by atoms with Crippen molar-refractivity contribution in [1.29, 1.82) is 0 Å². The van der Waals surface area contributed by atoms with Crippen molar-refractivity contribution >= 4 is 21.9 Å². The highest BCUT2D eigenvalue weighted by Gasteiger charge is 2.19. The highest BCUT2D eigenvalue weighted by Crippen LogP contribution is 2.30. The van der Waals surface area contributed by atoms with Crippen LogP contribution >= 0.6 is 15.9 Å². The molecule has 2 N–H and O–H groups in total. The van der Waals surface area contributed by atoms with Crippen LogP contribution in [0.2, 0.25) is 0 Å². The second kappa shape index (κ2) is 3.33. The summed E-state index contributed by atoms with van der Waals surface area (Å²) in [6.07, 6.45) is 0. The van der Waals surface area contributed by atoms with E-state index in [2.05, 4.69) is 15.9 Å². The summed E-state index contributed by atoms with van der Waals surface area (Å²) in [5.74, 6) is -3.13. The Kier molecular flexibility index (Phi) is 2.56. The molecule has 1 aromatic rings. The number of aromatic carboxylic acids is 1. The molecule has 0 spiro atoms. The van der Waals surface area contributed by atoms with E-state index < -0.39 is 23.1 Å². The van der Waals surface area contributed by atoms with Crippen molar-refractivity contribution in [2.75, 3.05) is 0 Å². The molecule has 13 heavy (non-hydrogen) atoms. The normalized spacial score (nSPS) is 10.1. The third-order valence-corrected chi connectivity index (χ3v) is 2.49. The van der Waals surface area contributed by atoms with Gasteiger partial charge in [0.2, 0.25) is 0 Å². The van der Waals surface area contributed by atoms with E-state index in [1.54, 1.807) is 0 Å². The third-order valence-electron chi connectivity index (χ3n) is 1.66. The smallest absolute Gasteiger partial charge is 0.339 e. The summed E-state index contributed by atoms with van der Waals surface area (Å²) in [6, 6.07) is 1.02. The van der Waals surface area contributed by atoms with Crippen LogP contribution in [0.5, 0.6) is 5.75 Å². The van der Waals surface area contributed by atoms with Crippen LogP contribution in [-0.4, -0.2) is 16.2 Å². The minimum atomic E-state index is -1.35. The zero-order valence-corrected chi connectivity index (χ0v) is 8.22. The lowest BCUT2D eigenvalue weighted by Gasteiger charge is -2.06. The summed E-state index contributed by atoms with van der Waals surface area (Å²) in [5.41, 5.74) is -0.113. The summed E-state index contributed by atoms with van der Waals surface area (Å²) < 4.78 is 13.2. The van der Waals surface area contributed by atoms with Crippen molar-refractivity contribution in [3.8, 4) is 5.75 Å². The number of halogens is 2. The number of carboxylic acid groups (broad SMARTS) is 1. The average molecular weight is 249 g/mol. The largest absolute Gasteiger partial charge is 0.504 e. The number of phenols is 1. The Morgan fingerprint density at radius 2 is 2.15 bits per heavy atom. The number of carbonyl (C=O) groups is 1. The number of hydrogen-bond donors (Lipinski definition) is 2. The molecule has 1 aromatic carbocycles. The number of rotatable bonds is 1. The summed E-state index contributed by atoms with van der Waals surface area (Å²) in [7, 11) is 0. The first-order chi connectivity index (χ1) is 5.95. The van der Waals surface area contributed by atoms with Gasteiger partial charge in [0.1, 0.15) is 5.56 Å². The lowest BCUT2D eigenvalue weighted by molar-refractivity contribution is 0.0692. The molecule has 3 nitrogen and oxygen atoms in total. The van der Waals surface area contributed by atoms with Crippen molar-refractivity contribution in [2.24, 2.45) is 0 Å². The SMILES string of the molecule is Cc1c(Br)cc(F)c(O)c1C(=O)O. The molecule has 0 atom stereocenters. The molecule has 0 bridgehead atoms. The summed E-state index contributed by atoms with van der Waals surface area (Å²) in [5, 5.41) is 17.7. The Morgan fingerprint density at radius 1 is 1.62 bits per heavy atom. The highest BCUT2D eigenvalue weighted by molar-refractivity contribution is 9.10. The van der Waals surface area contributed by atoms with Crippen LogP contribution < -0.4 is 0 Å². The maximum absolute atomic E-state index is 12.8. The first-order valence-corrected chi connectivity index (χ1v) is 4.15. The highest BCUT2D eigenvalue weighted by atomic mass is 79.9. The molecule has 0 heterocycles. The third kappa shape index (κ3) is 1.65. The van der Waals surface area contributed by atoms with E-state index in [4.69, 9.17) is 10.2 Å². The molecular weight excluding hydrogens is 243 g/mol.